The van der Waals surface area contributed by atoms with Crippen molar-refractivity contribution in [2.24, 2.45) is 0 Å². The van der Waals surface area contributed by atoms with Gasteiger partial charge in [0.2, 0.25) is 0 Å². The number of anilines is 1. The van der Waals surface area contributed by atoms with Crippen molar-refractivity contribution in [1.82, 2.24) is 14.7 Å². The molecule has 6 heteroatoms. The van der Waals surface area contributed by atoms with Gasteiger partial charge in [-0.15, -0.1) is 0 Å². The molecule has 0 saturated carbocycles. The standard InChI is InChI=1S/C19H26N4O2/c1-14-5-7-15(8-6-14)23-17(13-16(21-23)19(2,3)4)20-18(24)22-9-11-25-12-10-22/h5-8,13H,9-12H2,1-4H3,(H,20,24). The summed E-state index contributed by atoms with van der Waals surface area (Å²) in [7, 11) is 0. The van der Waals surface area contributed by atoms with E-state index in [1.165, 1.54) is 5.56 Å². The van der Waals surface area contributed by atoms with Crippen LogP contribution in [0, 0.1) is 6.92 Å². The largest absolute Gasteiger partial charge is 0.378 e. The van der Waals surface area contributed by atoms with Crippen molar-refractivity contribution in [3.63, 3.8) is 0 Å². The molecule has 0 radical (unpaired) electrons. The Morgan fingerprint density at radius 3 is 2.40 bits per heavy atom. The Kier molecular flexibility index (Phi) is 4.81. The minimum absolute atomic E-state index is 0.103. The van der Waals surface area contributed by atoms with Gasteiger partial charge in [0.15, 0.2) is 0 Å². The predicted octanol–water partition coefficient (Wildman–Crippen LogP) is 3.34. The molecule has 1 fully saturated rings. The normalized spacial score (nSPS) is 15.3. The van der Waals surface area contributed by atoms with E-state index in [1.807, 2.05) is 30.3 Å². The zero-order chi connectivity index (χ0) is 18.0. The van der Waals surface area contributed by atoms with Crippen molar-refractivity contribution < 1.29 is 9.53 Å². The van der Waals surface area contributed by atoms with Gasteiger partial charge >= 0.3 is 6.03 Å². The molecule has 3 rings (SSSR count). The number of rotatable bonds is 2. The van der Waals surface area contributed by atoms with Gasteiger partial charge in [0.25, 0.3) is 0 Å². The lowest BCUT2D eigenvalue weighted by Gasteiger charge is -2.26. The van der Waals surface area contributed by atoms with E-state index in [1.54, 1.807) is 9.58 Å². The number of nitrogens with zero attached hydrogens (tertiary/aromatic N) is 3. The fourth-order valence-corrected chi connectivity index (χ4v) is 2.67. The summed E-state index contributed by atoms with van der Waals surface area (Å²) in [6.07, 6.45) is 0. The summed E-state index contributed by atoms with van der Waals surface area (Å²) in [5.41, 5.74) is 2.95. The Balaban J connectivity index is 1.91. The molecule has 1 aromatic heterocycles. The van der Waals surface area contributed by atoms with Crippen molar-refractivity contribution >= 4 is 11.8 Å². The third-order valence-electron chi connectivity index (χ3n) is 4.29. The van der Waals surface area contributed by atoms with E-state index < -0.39 is 0 Å². The Morgan fingerprint density at radius 1 is 1.16 bits per heavy atom. The van der Waals surface area contributed by atoms with Crippen LogP contribution >= 0.6 is 0 Å². The number of aryl methyl sites for hydroxylation is 1. The van der Waals surface area contributed by atoms with E-state index in [0.29, 0.717) is 32.1 Å². The van der Waals surface area contributed by atoms with Gasteiger partial charge in [-0.3, -0.25) is 5.32 Å². The van der Waals surface area contributed by atoms with Gasteiger partial charge in [-0.1, -0.05) is 38.5 Å². The fraction of sp³-hybridized carbons (Fsp3) is 0.474. The second kappa shape index (κ2) is 6.88. The van der Waals surface area contributed by atoms with Crippen molar-refractivity contribution in [2.75, 3.05) is 31.6 Å². The van der Waals surface area contributed by atoms with Crippen molar-refractivity contribution in [3.8, 4) is 5.69 Å². The van der Waals surface area contributed by atoms with Crippen LogP contribution in [-0.2, 0) is 10.2 Å². The average Bonchev–Trinajstić information content (AvgIpc) is 3.00. The molecule has 2 heterocycles. The number of hydrogen-bond donors (Lipinski definition) is 1. The van der Waals surface area contributed by atoms with E-state index in [0.717, 1.165) is 11.4 Å². The SMILES string of the molecule is Cc1ccc(-n2nc(C(C)(C)C)cc2NC(=O)N2CCOCC2)cc1. The van der Waals surface area contributed by atoms with Gasteiger partial charge in [0, 0.05) is 24.6 Å². The van der Waals surface area contributed by atoms with Gasteiger partial charge in [-0.25, -0.2) is 9.48 Å². The van der Waals surface area contributed by atoms with Gasteiger partial charge in [-0.2, -0.15) is 5.10 Å². The average molecular weight is 342 g/mol. The molecule has 0 atom stereocenters. The van der Waals surface area contributed by atoms with Crippen LogP contribution in [0.4, 0.5) is 10.6 Å². The maximum absolute atomic E-state index is 12.6. The molecule has 0 unspecified atom stereocenters. The van der Waals surface area contributed by atoms with E-state index in [2.05, 4.69) is 33.0 Å². The highest BCUT2D eigenvalue weighted by Gasteiger charge is 2.23. The Hall–Kier alpha value is -2.34. The van der Waals surface area contributed by atoms with Crippen LogP contribution in [0.3, 0.4) is 0 Å². The summed E-state index contributed by atoms with van der Waals surface area (Å²) in [5, 5.41) is 7.76. The number of benzene rings is 1. The molecule has 1 aromatic carbocycles. The van der Waals surface area contributed by atoms with E-state index in [-0.39, 0.29) is 11.4 Å². The number of ether oxygens (including phenoxy) is 1. The second-order valence-electron chi connectivity index (χ2n) is 7.44. The smallest absolute Gasteiger partial charge is 0.323 e. The van der Waals surface area contributed by atoms with Crippen LogP contribution in [0.1, 0.15) is 32.0 Å². The first-order valence-electron chi connectivity index (χ1n) is 8.66. The first kappa shape index (κ1) is 17.5. The minimum Gasteiger partial charge on any atom is -0.378 e. The van der Waals surface area contributed by atoms with Crippen LogP contribution in [0.5, 0.6) is 0 Å². The number of carbonyl (C=O) groups is 1. The quantitative estimate of drug-likeness (QED) is 0.910. The summed E-state index contributed by atoms with van der Waals surface area (Å²) in [5.74, 6) is 0.685. The molecule has 25 heavy (non-hydrogen) atoms. The molecule has 1 aliphatic rings. The molecule has 1 aliphatic heterocycles. The lowest BCUT2D eigenvalue weighted by Crippen LogP contribution is -2.43. The predicted molar refractivity (Wildman–Crippen MR) is 98.4 cm³/mol. The number of morpholine rings is 1. The van der Waals surface area contributed by atoms with Gasteiger partial charge in [0.05, 0.1) is 24.6 Å². The van der Waals surface area contributed by atoms with Crippen molar-refractivity contribution in [2.45, 2.75) is 33.1 Å². The molecule has 1 saturated heterocycles. The van der Waals surface area contributed by atoms with Crippen molar-refractivity contribution in [3.05, 3.63) is 41.6 Å². The van der Waals surface area contributed by atoms with Crippen LogP contribution in [0.2, 0.25) is 0 Å². The molecule has 2 aromatic rings. The topological polar surface area (TPSA) is 59.4 Å². The summed E-state index contributed by atoms with van der Waals surface area (Å²) in [4.78, 5) is 14.4. The number of hydrogen-bond acceptors (Lipinski definition) is 3. The maximum atomic E-state index is 12.6. The molecule has 2 amide bonds. The number of amides is 2. The van der Waals surface area contributed by atoms with Crippen LogP contribution in [-0.4, -0.2) is 47.0 Å². The van der Waals surface area contributed by atoms with E-state index >= 15 is 0 Å². The Morgan fingerprint density at radius 2 is 1.80 bits per heavy atom. The number of urea groups is 1. The van der Waals surface area contributed by atoms with Gasteiger partial charge < -0.3 is 9.64 Å². The first-order valence-corrected chi connectivity index (χ1v) is 8.66. The lowest BCUT2D eigenvalue weighted by molar-refractivity contribution is 0.0564. The third-order valence-corrected chi connectivity index (χ3v) is 4.29. The summed E-state index contributed by atoms with van der Waals surface area (Å²) >= 11 is 0. The van der Waals surface area contributed by atoms with E-state index in [4.69, 9.17) is 9.84 Å². The zero-order valence-corrected chi connectivity index (χ0v) is 15.4. The Labute approximate surface area is 148 Å². The minimum atomic E-state index is -0.114. The lowest BCUT2D eigenvalue weighted by atomic mass is 9.92. The van der Waals surface area contributed by atoms with Crippen molar-refractivity contribution in [1.29, 1.82) is 0 Å². The molecule has 0 spiro atoms. The molecule has 134 valence electrons. The highest BCUT2D eigenvalue weighted by atomic mass is 16.5. The molecule has 6 nitrogen and oxygen atoms in total. The molecular formula is C19H26N4O2. The third kappa shape index (κ3) is 4.02. The van der Waals surface area contributed by atoms with Crippen LogP contribution in [0.15, 0.2) is 30.3 Å². The fourth-order valence-electron chi connectivity index (χ4n) is 2.67. The molecule has 0 aliphatic carbocycles. The summed E-state index contributed by atoms with van der Waals surface area (Å²) in [6.45, 7) is 10.8. The van der Waals surface area contributed by atoms with Crippen LogP contribution < -0.4 is 5.32 Å². The molecule has 1 N–H and O–H groups in total. The summed E-state index contributed by atoms with van der Waals surface area (Å²) in [6, 6.07) is 9.95. The maximum Gasteiger partial charge on any atom is 0.323 e. The highest BCUT2D eigenvalue weighted by molar-refractivity contribution is 5.89. The Bertz CT molecular complexity index is 738. The van der Waals surface area contributed by atoms with E-state index in [9.17, 15) is 4.79 Å². The zero-order valence-electron chi connectivity index (χ0n) is 15.4. The molecular weight excluding hydrogens is 316 g/mol. The van der Waals surface area contributed by atoms with Gasteiger partial charge in [-0.05, 0) is 19.1 Å². The number of nitrogens with one attached hydrogen (secondary N) is 1. The van der Waals surface area contributed by atoms with Gasteiger partial charge in [0.1, 0.15) is 5.82 Å². The number of carbonyl (C=O) groups excluding carboxylic acids is 1. The highest BCUT2D eigenvalue weighted by Crippen LogP contribution is 2.26. The number of aromatic nitrogens is 2. The summed E-state index contributed by atoms with van der Waals surface area (Å²) < 4.78 is 7.12. The second-order valence-corrected chi connectivity index (χ2v) is 7.44. The molecule has 0 bridgehead atoms. The van der Waals surface area contributed by atoms with Crippen LogP contribution in [0.25, 0.3) is 5.69 Å². The monoisotopic (exact) mass is 342 g/mol. The first-order chi connectivity index (χ1) is 11.8.